The fourth-order valence-corrected chi connectivity index (χ4v) is 3.27. The smallest absolute Gasteiger partial charge is 0.317 e. The summed E-state index contributed by atoms with van der Waals surface area (Å²) in [6, 6.07) is 12.3. The van der Waals surface area contributed by atoms with Gasteiger partial charge in [-0.25, -0.2) is 0 Å². The van der Waals surface area contributed by atoms with Crippen molar-refractivity contribution in [1.29, 1.82) is 0 Å². The van der Waals surface area contributed by atoms with E-state index in [0.29, 0.717) is 22.2 Å². The van der Waals surface area contributed by atoms with Crippen LogP contribution >= 0.6 is 35.0 Å². The molecule has 0 aliphatic carbocycles. The average Bonchev–Trinajstić information content (AvgIpc) is 2.49. The lowest BCUT2D eigenvalue weighted by atomic mass is 10.1. The van der Waals surface area contributed by atoms with Gasteiger partial charge in [0.25, 0.3) is 0 Å². The number of hydrogen-bond donors (Lipinski definition) is 1. The van der Waals surface area contributed by atoms with Crippen LogP contribution in [0.1, 0.15) is 5.56 Å². The lowest BCUT2D eigenvalue weighted by molar-refractivity contribution is -0.136. The molecule has 0 fully saturated rings. The molecule has 22 heavy (non-hydrogen) atoms. The first-order valence-corrected chi connectivity index (χ1v) is 8.10. The Morgan fingerprint density at radius 2 is 1.82 bits per heavy atom. The number of carboxylic acid groups (broad SMARTS) is 1. The van der Waals surface area contributed by atoms with E-state index in [1.165, 1.54) is 11.8 Å². The first-order chi connectivity index (χ1) is 10.5. The van der Waals surface area contributed by atoms with Gasteiger partial charge in [0, 0.05) is 14.9 Å². The van der Waals surface area contributed by atoms with Crippen LogP contribution in [0.15, 0.2) is 47.4 Å². The lowest BCUT2D eigenvalue weighted by Crippen LogP contribution is -2.19. The summed E-state index contributed by atoms with van der Waals surface area (Å²) in [4.78, 5) is 12.4. The van der Waals surface area contributed by atoms with Gasteiger partial charge in [0.1, 0.15) is 11.0 Å². The molecule has 2 aromatic carbocycles. The molecular weight excluding hydrogens is 343 g/mol. The third-order valence-electron chi connectivity index (χ3n) is 3.02. The van der Waals surface area contributed by atoms with Crippen molar-refractivity contribution in [3.63, 3.8) is 0 Å². The second-order valence-electron chi connectivity index (χ2n) is 4.56. The molecule has 0 saturated heterocycles. The minimum atomic E-state index is -0.887. The molecule has 0 unspecified atom stereocenters. The van der Waals surface area contributed by atoms with Gasteiger partial charge in [-0.1, -0.05) is 23.2 Å². The van der Waals surface area contributed by atoms with Crippen LogP contribution in [0.4, 0.5) is 0 Å². The monoisotopic (exact) mass is 356 g/mol. The number of carbonyl (C=O) groups is 1. The van der Waals surface area contributed by atoms with Gasteiger partial charge in [-0.2, -0.15) is 0 Å². The van der Waals surface area contributed by atoms with Crippen molar-refractivity contribution in [3.05, 3.63) is 58.1 Å². The second kappa shape index (κ2) is 7.77. The second-order valence-corrected chi connectivity index (χ2v) is 6.71. The van der Waals surface area contributed by atoms with Gasteiger partial charge in [0.15, 0.2) is 0 Å². The summed E-state index contributed by atoms with van der Waals surface area (Å²) < 4.78 is 5.27. The van der Waals surface area contributed by atoms with Crippen LogP contribution in [-0.4, -0.2) is 23.4 Å². The molecule has 0 aliphatic heterocycles. The maximum Gasteiger partial charge on any atom is 0.317 e. The minimum Gasteiger partial charge on any atom is -0.496 e. The molecule has 0 amide bonds. The normalized spacial score (nSPS) is 12.0. The Bertz CT molecular complexity index is 659. The van der Waals surface area contributed by atoms with E-state index in [9.17, 15) is 9.90 Å². The fraction of sp³-hybridized carbons (Fsp3) is 0.188. The largest absolute Gasteiger partial charge is 0.496 e. The zero-order valence-corrected chi connectivity index (χ0v) is 14.1. The number of methoxy groups -OCH3 is 1. The topological polar surface area (TPSA) is 46.5 Å². The minimum absolute atomic E-state index is 0.312. The van der Waals surface area contributed by atoms with Gasteiger partial charge in [-0.05, 0) is 54.4 Å². The number of aliphatic carboxylic acids is 1. The summed E-state index contributed by atoms with van der Waals surface area (Å²) in [5, 5.41) is 9.99. The molecule has 2 aromatic rings. The summed E-state index contributed by atoms with van der Waals surface area (Å²) in [7, 11) is 1.55. The molecule has 0 bridgehead atoms. The van der Waals surface area contributed by atoms with Gasteiger partial charge in [0.2, 0.25) is 0 Å². The highest BCUT2D eigenvalue weighted by Gasteiger charge is 2.21. The van der Waals surface area contributed by atoms with Crippen molar-refractivity contribution >= 4 is 40.9 Å². The highest BCUT2D eigenvalue weighted by Crippen LogP contribution is 2.31. The standard InChI is InChI=1S/C16H14Cl2O3S/c1-21-14-7-4-12(18)8-10(14)9-15(16(19)20)22-13-5-2-11(17)3-6-13/h2-8,15H,9H2,1H3,(H,19,20)/t15-/m1/s1. The number of thioether (sulfide) groups is 1. The van der Waals surface area contributed by atoms with E-state index in [4.69, 9.17) is 27.9 Å². The van der Waals surface area contributed by atoms with Crippen LogP contribution in [0.5, 0.6) is 5.75 Å². The first-order valence-electron chi connectivity index (χ1n) is 6.47. The maximum absolute atomic E-state index is 11.5. The quantitative estimate of drug-likeness (QED) is 0.755. The molecular formula is C16H14Cl2O3S. The van der Waals surface area contributed by atoms with Crippen molar-refractivity contribution in [3.8, 4) is 5.75 Å². The summed E-state index contributed by atoms with van der Waals surface area (Å²) in [6.07, 6.45) is 0.312. The summed E-state index contributed by atoms with van der Waals surface area (Å²) in [5.74, 6) is -0.255. The number of benzene rings is 2. The van der Waals surface area contributed by atoms with E-state index in [1.54, 1.807) is 49.6 Å². The SMILES string of the molecule is COc1ccc(Cl)cc1C[C@@H](Sc1ccc(Cl)cc1)C(=O)O. The fourth-order valence-electron chi connectivity index (χ4n) is 1.96. The molecule has 0 heterocycles. The van der Waals surface area contributed by atoms with Crippen molar-refractivity contribution < 1.29 is 14.6 Å². The number of hydrogen-bond acceptors (Lipinski definition) is 3. The lowest BCUT2D eigenvalue weighted by Gasteiger charge is -2.15. The molecule has 116 valence electrons. The Labute approximate surface area is 143 Å². The molecule has 0 radical (unpaired) electrons. The molecule has 2 rings (SSSR count). The van der Waals surface area contributed by atoms with E-state index >= 15 is 0 Å². The molecule has 0 aromatic heterocycles. The zero-order chi connectivity index (χ0) is 16.1. The van der Waals surface area contributed by atoms with Gasteiger partial charge in [-0.3, -0.25) is 4.79 Å². The third-order valence-corrected chi connectivity index (χ3v) is 4.70. The van der Waals surface area contributed by atoms with E-state index in [1.807, 2.05) is 0 Å². The summed E-state index contributed by atoms with van der Waals surface area (Å²) in [5.41, 5.74) is 0.767. The molecule has 0 aliphatic rings. The van der Waals surface area contributed by atoms with E-state index < -0.39 is 11.2 Å². The Kier molecular flexibility index (Phi) is 6.00. The third kappa shape index (κ3) is 4.57. The highest BCUT2D eigenvalue weighted by atomic mass is 35.5. The molecule has 6 heteroatoms. The summed E-state index contributed by atoms with van der Waals surface area (Å²) in [6.45, 7) is 0. The predicted octanol–water partition coefficient (Wildman–Crippen LogP) is 4.79. The van der Waals surface area contributed by atoms with E-state index in [-0.39, 0.29) is 0 Å². The van der Waals surface area contributed by atoms with Crippen LogP contribution in [0.25, 0.3) is 0 Å². The van der Waals surface area contributed by atoms with Gasteiger partial charge >= 0.3 is 5.97 Å². The molecule has 1 atom stereocenters. The Morgan fingerprint density at radius 3 is 2.41 bits per heavy atom. The van der Waals surface area contributed by atoms with Crippen LogP contribution in [0, 0.1) is 0 Å². The van der Waals surface area contributed by atoms with Crippen molar-refractivity contribution in [2.75, 3.05) is 7.11 Å². The van der Waals surface area contributed by atoms with Crippen molar-refractivity contribution in [1.82, 2.24) is 0 Å². The van der Waals surface area contributed by atoms with Gasteiger partial charge < -0.3 is 9.84 Å². The Balaban J connectivity index is 2.20. The molecule has 3 nitrogen and oxygen atoms in total. The van der Waals surface area contributed by atoms with Crippen LogP contribution < -0.4 is 4.74 Å². The maximum atomic E-state index is 11.5. The predicted molar refractivity (Wildman–Crippen MR) is 90.4 cm³/mol. The number of rotatable bonds is 6. The van der Waals surface area contributed by atoms with Crippen LogP contribution in [-0.2, 0) is 11.2 Å². The van der Waals surface area contributed by atoms with Gasteiger partial charge in [0.05, 0.1) is 7.11 Å². The van der Waals surface area contributed by atoms with Crippen molar-refractivity contribution in [2.24, 2.45) is 0 Å². The number of ether oxygens (including phenoxy) is 1. The Morgan fingerprint density at radius 1 is 1.18 bits per heavy atom. The average molecular weight is 357 g/mol. The number of carboxylic acids is 1. The highest BCUT2D eigenvalue weighted by molar-refractivity contribution is 8.00. The van der Waals surface area contributed by atoms with Gasteiger partial charge in [-0.15, -0.1) is 11.8 Å². The molecule has 1 N–H and O–H groups in total. The first kappa shape index (κ1) is 17.0. The van der Waals surface area contributed by atoms with Crippen LogP contribution in [0.3, 0.4) is 0 Å². The molecule has 0 saturated carbocycles. The van der Waals surface area contributed by atoms with Crippen molar-refractivity contribution in [2.45, 2.75) is 16.6 Å². The molecule has 0 spiro atoms. The van der Waals surface area contributed by atoms with Crippen LogP contribution in [0.2, 0.25) is 10.0 Å². The van der Waals surface area contributed by atoms with E-state index in [2.05, 4.69) is 0 Å². The summed E-state index contributed by atoms with van der Waals surface area (Å²) >= 11 is 13.1. The zero-order valence-electron chi connectivity index (χ0n) is 11.8. The number of halogens is 2. The van der Waals surface area contributed by atoms with E-state index in [0.717, 1.165) is 10.5 Å². The Hall–Kier alpha value is -1.36.